The molecule has 0 spiro atoms. The van der Waals surface area contributed by atoms with Gasteiger partial charge in [-0.25, -0.2) is 0 Å². The van der Waals surface area contributed by atoms with Crippen molar-refractivity contribution in [3.05, 3.63) is 0 Å². The number of ketones is 1. The molecule has 5 heteroatoms. The van der Waals surface area contributed by atoms with Crippen LogP contribution in [0.15, 0.2) is 4.99 Å². The van der Waals surface area contributed by atoms with E-state index in [-0.39, 0.29) is 17.8 Å². The smallest absolute Gasteiger partial charge is 0.185 e. The highest BCUT2D eigenvalue weighted by Gasteiger charge is 2.09. The van der Waals surface area contributed by atoms with E-state index in [1.54, 1.807) is 14.0 Å². The Balaban J connectivity index is 3.62. The van der Waals surface area contributed by atoms with Crippen molar-refractivity contribution >= 4 is 11.7 Å². The van der Waals surface area contributed by atoms with E-state index < -0.39 is 0 Å². The quantitative estimate of drug-likeness (QED) is 0.288. The Morgan fingerprint density at radius 3 is 2.54 bits per heavy atom. The Labute approximate surface area is 78.6 Å². The van der Waals surface area contributed by atoms with Crippen molar-refractivity contribution in [2.75, 3.05) is 13.6 Å². The molecule has 0 saturated carbocycles. The van der Waals surface area contributed by atoms with Crippen molar-refractivity contribution in [3.8, 4) is 0 Å². The van der Waals surface area contributed by atoms with E-state index in [0.717, 1.165) is 12.8 Å². The summed E-state index contributed by atoms with van der Waals surface area (Å²) in [6.07, 6.45) is 1.58. The van der Waals surface area contributed by atoms with Gasteiger partial charge in [0.05, 0.1) is 6.04 Å². The number of guanidine groups is 1. The van der Waals surface area contributed by atoms with Crippen molar-refractivity contribution in [1.29, 1.82) is 0 Å². The van der Waals surface area contributed by atoms with E-state index in [9.17, 15) is 4.79 Å². The number of hydrogen-bond acceptors (Lipinski definition) is 3. The monoisotopic (exact) mass is 186 g/mol. The average molecular weight is 186 g/mol. The molecule has 0 rings (SSSR count). The lowest BCUT2D eigenvalue weighted by atomic mass is 10.1. The standard InChI is InChI=1S/C8H18N4O/c1-6(13)7(11-2)4-3-5-12-8(9)10/h7,11H,3-5H2,1-2H3,(H4,9,10,12)/t7-/m0/s1. The van der Waals surface area contributed by atoms with Crippen LogP contribution < -0.4 is 16.8 Å². The number of carbonyl (C=O) groups is 1. The molecule has 0 saturated heterocycles. The summed E-state index contributed by atoms with van der Waals surface area (Å²) in [5.41, 5.74) is 10.3. The largest absolute Gasteiger partial charge is 0.370 e. The summed E-state index contributed by atoms with van der Waals surface area (Å²) >= 11 is 0. The van der Waals surface area contributed by atoms with Crippen LogP contribution >= 0.6 is 0 Å². The highest BCUT2D eigenvalue weighted by Crippen LogP contribution is 1.98. The SMILES string of the molecule is CN[C@@H](CCCN=C(N)N)C(C)=O. The van der Waals surface area contributed by atoms with Gasteiger partial charge in [0.15, 0.2) is 5.96 Å². The van der Waals surface area contributed by atoms with Crippen molar-refractivity contribution in [2.24, 2.45) is 16.5 Å². The topological polar surface area (TPSA) is 93.5 Å². The van der Waals surface area contributed by atoms with Crippen LogP contribution in [0.5, 0.6) is 0 Å². The first-order valence-electron chi connectivity index (χ1n) is 4.31. The van der Waals surface area contributed by atoms with Crippen molar-refractivity contribution < 1.29 is 4.79 Å². The molecule has 0 aromatic rings. The van der Waals surface area contributed by atoms with Crippen LogP contribution in [-0.2, 0) is 4.79 Å². The van der Waals surface area contributed by atoms with Crippen LogP contribution in [0.1, 0.15) is 19.8 Å². The van der Waals surface area contributed by atoms with Gasteiger partial charge in [-0.2, -0.15) is 0 Å². The molecule has 0 aliphatic rings. The summed E-state index contributed by atoms with van der Waals surface area (Å²) in [5, 5.41) is 2.93. The highest BCUT2D eigenvalue weighted by molar-refractivity contribution is 5.81. The fourth-order valence-corrected chi connectivity index (χ4v) is 1.05. The zero-order valence-electron chi connectivity index (χ0n) is 8.21. The third-order valence-electron chi connectivity index (χ3n) is 1.78. The highest BCUT2D eigenvalue weighted by atomic mass is 16.1. The van der Waals surface area contributed by atoms with Gasteiger partial charge < -0.3 is 16.8 Å². The maximum Gasteiger partial charge on any atom is 0.185 e. The van der Waals surface area contributed by atoms with E-state index in [4.69, 9.17) is 11.5 Å². The molecule has 0 bridgehead atoms. The molecule has 76 valence electrons. The number of likely N-dealkylation sites (N-methyl/N-ethyl adjacent to an activating group) is 1. The molecule has 5 N–H and O–H groups in total. The zero-order chi connectivity index (χ0) is 10.3. The molecule has 0 unspecified atom stereocenters. The Morgan fingerprint density at radius 1 is 1.54 bits per heavy atom. The lowest BCUT2D eigenvalue weighted by Crippen LogP contribution is -2.32. The van der Waals surface area contributed by atoms with Gasteiger partial charge in [0.1, 0.15) is 5.78 Å². The lowest BCUT2D eigenvalue weighted by Gasteiger charge is -2.10. The van der Waals surface area contributed by atoms with E-state index in [1.807, 2.05) is 0 Å². The predicted molar refractivity (Wildman–Crippen MR) is 53.4 cm³/mol. The number of nitrogens with two attached hydrogens (primary N) is 2. The van der Waals surface area contributed by atoms with Crippen LogP contribution in [0.25, 0.3) is 0 Å². The second-order valence-corrected chi connectivity index (χ2v) is 2.90. The normalized spacial score (nSPS) is 12.2. The Kier molecular flexibility index (Phi) is 5.88. The first-order chi connectivity index (χ1) is 6.07. The third-order valence-corrected chi connectivity index (χ3v) is 1.78. The molecule has 13 heavy (non-hydrogen) atoms. The summed E-state index contributed by atoms with van der Waals surface area (Å²) in [7, 11) is 1.77. The van der Waals surface area contributed by atoms with E-state index in [1.165, 1.54) is 0 Å². The number of rotatable bonds is 6. The maximum absolute atomic E-state index is 11.0. The van der Waals surface area contributed by atoms with Gasteiger partial charge >= 0.3 is 0 Å². The van der Waals surface area contributed by atoms with E-state index in [2.05, 4.69) is 10.3 Å². The van der Waals surface area contributed by atoms with Crippen molar-refractivity contribution in [2.45, 2.75) is 25.8 Å². The minimum absolute atomic E-state index is 0.0748. The van der Waals surface area contributed by atoms with Crippen LogP contribution in [0.3, 0.4) is 0 Å². The molecule has 1 atom stereocenters. The molecule has 0 amide bonds. The fourth-order valence-electron chi connectivity index (χ4n) is 1.05. The minimum Gasteiger partial charge on any atom is -0.370 e. The molecule has 0 aromatic carbocycles. The van der Waals surface area contributed by atoms with E-state index >= 15 is 0 Å². The van der Waals surface area contributed by atoms with Gasteiger partial charge in [0.2, 0.25) is 0 Å². The van der Waals surface area contributed by atoms with Gasteiger partial charge in [0, 0.05) is 6.54 Å². The lowest BCUT2D eigenvalue weighted by molar-refractivity contribution is -0.119. The van der Waals surface area contributed by atoms with E-state index in [0.29, 0.717) is 6.54 Å². The number of nitrogens with one attached hydrogen (secondary N) is 1. The average Bonchev–Trinajstić information content (AvgIpc) is 2.03. The first kappa shape index (κ1) is 11.9. The summed E-state index contributed by atoms with van der Waals surface area (Å²) in [6.45, 7) is 2.15. The summed E-state index contributed by atoms with van der Waals surface area (Å²) in [6, 6.07) is -0.0748. The van der Waals surface area contributed by atoms with Gasteiger partial charge in [0.25, 0.3) is 0 Å². The minimum atomic E-state index is -0.0748. The third kappa shape index (κ3) is 6.10. The van der Waals surface area contributed by atoms with Gasteiger partial charge in [-0.3, -0.25) is 9.79 Å². The summed E-state index contributed by atoms with van der Waals surface area (Å²) in [4.78, 5) is 14.8. The summed E-state index contributed by atoms with van der Waals surface area (Å²) in [5.74, 6) is 0.246. The Bertz CT molecular complexity index is 187. The fraction of sp³-hybridized carbons (Fsp3) is 0.750. The second kappa shape index (κ2) is 6.42. The molecular formula is C8H18N4O. The van der Waals surface area contributed by atoms with Crippen LogP contribution in [0, 0.1) is 0 Å². The molecule has 5 nitrogen and oxygen atoms in total. The molecule has 0 aliphatic heterocycles. The number of hydrogen-bond donors (Lipinski definition) is 3. The first-order valence-corrected chi connectivity index (χ1v) is 4.31. The molecular weight excluding hydrogens is 168 g/mol. The number of Topliss-reactive ketones (excluding diaryl/α,β-unsaturated/α-hetero) is 1. The number of nitrogens with zero attached hydrogens (tertiary/aromatic N) is 1. The van der Waals surface area contributed by atoms with Gasteiger partial charge in [-0.1, -0.05) is 0 Å². The summed E-state index contributed by atoms with van der Waals surface area (Å²) < 4.78 is 0. The second-order valence-electron chi connectivity index (χ2n) is 2.90. The Morgan fingerprint density at radius 2 is 2.15 bits per heavy atom. The van der Waals surface area contributed by atoms with Crippen molar-refractivity contribution in [3.63, 3.8) is 0 Å². The van der Waals surface area contributed by atoms with Crippen LogP contribution in [-0.4, -0.2) is 31.4 Å². The molecule has 0 aromatic heterocycles. The van der Waals surface area contributed by atoms with Crippen LogP contribution in [0.4, 0.5) is 0 Å². The Hall–Kier alpha value is -1.10. The molecule has 0 radical (unpaired) electrons. The van der Waals surface area contributed by atoms with Crippen LogP contribution in [0.2, 0.25) is 0 Å². The van der Waals surface area contributed by atoms with Gasteiger partial charge in [-0.15, -0.1) is 0 Å². The van der Waals surface area contributed by atoms with Gasteiger partial charge in [-0.05, 0) is 26.8 Å². The predicted octanol–water partition coefficient (Wildman–Crippen LogP) is -0.783. The number of aliphatic imine (C=N–C) groups is 1. The molecule has 0 heterocycles. The van der Waals surface area contributed by atoms with Crippen molar-refractivity contribution in [1.82, 2.24) is 5.32 Å². The molecule has 0 fully saturated rings. The zero-order valence-corrected chi connectivity index (χ0v) is 8.21. The number of carbonyl (C=O) groups excluding carboxylic acids is 1. The maximum atomic E-state index is 11.0. The molecule has 0 aliphatic carbocycles.